The van der Waals surface area contributed by atoms with Crippen molar-refractivity contribution in [1.29, 1.82) is 0 Å². The van der Waals surface area contributed by atoms with Crippen molar-refractivity contribution in [3.8, 4) is 0 Å². The molecule has 31 heavy (non-hydrogen) atoms. The number of benzene rings is 3. The fraction of sp³-hybridized carbons (Fsp3) is 0.200. The molecule has 3 aromatic rings. The number of anilines is 1. The number of para-hydroxylation sites is 1. The van der Waals surface area contributed by atoms with E-state index >= 15 is 0 Å². The largest absolute Gasteiger partial charge is 0.375 e. The first kappa shape index (κ1) is 21.6. The standard InChI is InChI=1S/C25H21Cl2NO3/c1-15-7-8-17(16(2)11-15)14-28-22-6-4-3-5-20(22)25(31,24(28)30)13-23(29)19-10-9-18(26)12-21(19)27/h3-12,31H,13-14H2,1-2H3. The zero-order valence-corrected chi connectivity index (χ0v) is 18.7. The summed E-state index contributed by atoms with van der Waals surface area (Å²) in [5.41, 5.74) is 2.45. The summed E-state index contributed by atoms with van der Waals surface area (Å²) in [6.45, 7) is 4.31. The molecule has 158 valence electrons. The Kier molecular flexibility index (Phi) is 5.65. The molecule has 0 saturated carbocycles. The second-order valence-electron chi connectivity index (χ2n) is 7.92. The molecule has 3 aromatic carbocycles. The van der Waals surface area contributed by atoms with Gasteiger partial charge in [-0.1, -0.05) is 65.2 Å². The minimum absolute atomic E-state index is 0.187. The Morgan fingerprint density at radius 3 is 2.48 bits per heavy atom. The molecule has 0 bridgehead atoms. The van der Waals surface area contributed by atoms with E-state index in [1.54, 1.807) is 29.2 Å². The fourth-order valence-corrected chi connectivity index (χ4v) is 4.59. The number of carbonyl (C=O) groups is 2. The van der Waals surface area contributed by atoms with E-state index < -0.39 is 23.7 Å². The van der Waals surface area contributed by atoms with Crippen LogP contribution in [0.2, 0.25) is 10.0 Å². The number of hydrogen-bond acceptors (Lipinski definition) is 3. The lowest BCUT2D eigenvalue weighted by atomic mass is 9.88. The van der Waals surface area contributed by atoms with Crippen LogP contribution in [0, 0.1) is 13.8 Å². The third kappa shape index (κ3) is 3.87. The van der Waals surface area contributed by atoms with Crippen molar-refractivity contribution >= 4 is 40.6 Å². The SMILES string of the molecule is Cc1ccc(CN2C(=O)C(O)(CC(=O)c3ccc(Cl)cc3Cl)c3ccccc32)c(C)c1. The number of halogens is 2. The smallest absolute Gasteiger partial charge is 0.264 e. The molecule has 1 aliphatic heterocycles. The van der Waals surface area contributed by atoms with Gasteiger partial charge in [-0.05, 0) is 49.2 Å². The van der Waals surface area contributed by atoms with Crippen molar-refractivity contribution in [3.63, 3.8) is 0 Å². The maximum Gasteiger partial charge on any atom is 0.264 e. The average molecular weight is 454 g/mol. The lowest BCUT2D eigenvalue weighted by Crippen LogP contribution is -2.41. The second kappa shape index (κ2) is 8.12. The van der Waals surface area contributed by atoms with Crippen LogP contribution in [-0.4, -0.2) is 16.8 Å². The number of ketones is 1. The van der Waals surface area contributed by atoms with Gasteiger partial charge in [0, 0.05) is 16.1 Å². The first-order chi connectivity index (χ1) is 14.7. The number of aryl methyl sites for hydroxylation is 2. The van der Waals surface area contributed by atoms with Gasteiger partial charge in [-0.15, -0.1) is 0 Å². The predicted octanol–water partition coefficient (Wildman–Crippen LogP) is 5.62. The van der Waals surface area contributed by atoms with Crippen LogP contribution in [0.1, 0.15) is 39.0 Å². The minimum atomic E-state index is -1.96. The molecule has 1 unspecified atom stereocenters. The summed E-state index contributed by atoms with van der Waals surface area (Å²) >= 11 is 12.1. The van der Waals surface area contributed by atoms with E-state index in [4.69, 9.17) is 23.2 Å². The molecule has 4 nitrogen and oxygen atoms in total. The summed E-state index contributed by atoms with van der Waals surface area (Å²) < 4.78 is 0. The summed E-state index contributed by atoms with van der Waals surface area (Å²) in [5.74, 6) is -0.951. The molecule has 0 aromatic heterocycles. The number of nitrogens with zero attached hydrogens (tertiary/aromatic N) is 1. The first-order valence-corrected chi connectivity index (χ1v) is 10.6. The van der Waals surface area contributed by atoms with Gasteiger partial charge in [-0.3, -0.25) is 9.59 Å². The molecule has 1 aliphatic rings. The van der Waals surface area contributed by atoms with Crippen LogP contribution in [0.4, 0.5) is 5.69 Å². The highest BCUT2D eigenvalue weighted by Crippen LogP contribution is 2.44. The summed E-state index contributed by atoms with van der Waals surface area (Å²) in [6, 6.07) is 17.6. The van der Waals surface area contributed by atoms with E-state index in [1.165, 1.54) is 12.1 Å². The topological polar surface area (TPSA) is 57.6 Å². The lowest BCUT2D eigenvalue weighted by molar-refractivity contribution is -0.136. The highest BCUT2D eigenvalue weighted by molar-refractivity contribution is 6.37. The summed E-state index contributed by atoms with van der Waals surface area (Å²) in [5, 5.41) is 12.1. The van der Waals surface area contributed by atoms with Gasteiger partial charge in [0.05, 0.1) is 23.7 Å². The number of hydrogen-bond donors (Lipinski definition) is 1. The third-order valence-electron chi connectivity index (χ3n) is 5.71. The highest BCUT2D eigenvalue weighted by atomic mass is 35.5. The molecular weight excluding hydrogens is 433 g/mol. The molecule has 0 saturated heterocycles. The van der Waals surface area contributed by atoms with Gasteiger partial charge in [-0.25, -0.2) is 0 Å². The second-order valence-corrected chi connectivity index (χ2v) is 8.77. The van der Waals surface area contributed by atoms with E-state index in [0.29, 0.717) is 22.8 Å². The van der Waals surface area contributed by atoms with Gasteiger partial charge in [0.2, 0.25) is 0 Å². The number of aliphatic hydroxyl groups is 1. The van der Waals surface area contributed by atoms with Gasteiger partial charge in [0.1, 0.15) is 0 Å². The first-order valence-electron chi connectivity index (χ1n) is 9.89. The van der Waals surface area contributed by atoms with Crippen molar-refractivity contribution in [3.05, 3.63) is 98.5 Å². The van der Waals surface area contributed by atoms with E-state index in [9.17, 15) is 14.7 Å². The molecule has 6 heteroatoms. The number of amides is 1. The molecule has 1 atom stereocenters. The van der Waals surface area contributed by atoms with Gasteiger partial charge in [0.25, 0.3) is 5.91 Å². The van der Waals surface area contributed by atoms with Crippen LogP contribution in [0.15, 0.2) is 60.7 Å². The quantitative estimate of drug-likeness (QED) is 0.510. The Hall–Kier alpha value is -2.66. The molecular formula is C25H21Cl2NO3. The number of carbonyl (C=O) groups excluding carboxylic acids is 2. The van der Waals surface area contributed by atoms with Gasteiger partial charge < -0.3 is 10.0 Å². The molecule has 0 fully saturated rings. The monoisotopic (exact) mass is 453 g/mol. The normalized spacial score (nSPS) is 17.7. The van der Waals surface area contributed by atoms with Gasteiger partial charge in [0.15, 0.2) is 11.4 Å². The van der Waals surface area contributed by atoms with Crippen LogP contribution in [0.25, 0.3) is 0 Å². The summed E-state index contributed by atoms with van der Waals surface area (Å²) in [6.07, 6.45) is -0.409. The zero-order valence-electron chi connectivity index (χ0n) is 17.2. The number of fused-ring (bicyclic) bond motifs is 1. The third-order valence-corrected chi connectivity index (χ3v) is 6.26. The van der Waals surface area contributed by atoms with Crippen LogP contribution in [0.5, 0.6) is 0 Å². The van der Waals surface area contributed by atoms with Crippen molar-refractivity contribution in [1.82, 2.24) is 0 Å². The summed E-state index contributed by atoms with van der Waals surface area (Å²) in [4.78, 5) is 28.0. The van der Waals surface area contributed by atoms with Crippen LogP contribution in [-0.2, 0) is 16.9 Å². The van der Waals surface area contributed by atoms with Crippen molar-refractivity contribution < 1.29 is 14.7 Å². The molecule has 4 rings (SSSR count). The Bertz CT molecular complexity index is 1210. The van der Waals surface area contributed by atoms with E-state index in [-0.39, 0.29) is 10.6 Å². The van der Waals surface area contributed by atoms with Gasteiger partial charge >= 0.3 is 0 Å². The fourth-order valence-electron chi connectivity index (χ4n) is 4.07. The molecule has 1 amide bonds. The van der Waals surface area contributed by atoms with E-state index in [1.807, 2.05) is 32.0 Å². The highest BCUT2D eigenvalue weighted by Gasteiger charge is 2.50. The zero-order chi connectivity index (χ0) is 22.3. The maximum absolute atomic E-state index is 13.4. The average Bonchev–Trinajstić information content (AvgIpc) is 2.92. The number of rotatable bonds is 5. The number of Topliss-reactive ketones (excluding diaryl/α,β-unsaturated/α-hetero) is 1. The van der Waals surface area contributed by atoms with Crippen molar-refractivity contribution in [2.75, 3.05) is 4.90 Å². The molecule has 0 spiro atoms. The Labute approximate surface area is 191 Å². The summed E-state index contributed by atoms with van der Waals surface area (Å²) in [7, 11) is 0. The Morgan fingerprint density at radius 2 is 1.77 bits per heavy atom. The van der Waals surface area contributed by atoms with E-state index in [0.717, 1.165) is 16.7 Å². The van der Waals surface area contributed by atoms with Crippen molar-refractivity contribution in [2.24, 2.45) is 0 Å². The molecule has 1 heterocycles. The lowest BCUT2D eigenvalue weighted by Gasteiger charge is -2.23. The minimum Gasteiger partial charge on any atom is -0.375 e. The van der Waals surface area contributed by atoms with Gasteiger partial charge in [-0.2, -0.15) is 0 Å². The molecule has 0 radical (unpaired) electrons. The van der Waals surface area contributed by atoms with Crippen LogP contribution in [0.3, 0.4) is 0 Å². The van der Waals surface area contributed by atoms with Crippen LogP contribution >= 0.6 is 23.2 Å². The Balaban J connectivity index is 1.70. The molecule has 0 aliphatic carbocycles. The van der Waals surface area contributed by atoms with Crippen LogP contribution < -0.4 is 4.90 Å². The van der Waals surface area contributed by atoms with Crippen molar-refractivity contribution in [2.45, 2.75) is 32.4 Å². The molecule has 1 N–H and O–H groups in total. The maximum atomic E-state index is 13.4. The predicted molar refractivity (Wildman–Crippen MR) is 123 cm³/mol. The Morgan fingerprint density at radius 1 is 1.03 bits per heavy atom. The van der Waals surface area contributed by atoms with E-state index in [2.05, 4.69) is 6.07 Å².